The molecule has 0 atom stereocenters. The highest BCUT2D eigenvalue weighted by Gasteiger charge is 2.32. The number of piperazine rings is 1. The number of halogens is 3. The first-order chi connectivity index (χ1) is 14.8. The predicted molar refractivity (Wildman–Crippen MR) is 111 cm³/mol. The van der Waals surface area contributed by atoms with Gasteiger partial charge in [-0.05, 0) is 18.2 Å². The van der Waals surface area contributed by atoms with Gasteiger partial charge < -0.3 is 20.4 Å². The van der Waals surface area contributed by atoms with Crippen LogP contribution in [-0.2, 0) is 6.54 Å². The molecule has 1 aromatic carbocycles. The van der Waals surface area contributed by atoms with Gasteiger partial charge in [-0.15, -0.1) is 0 Å². The number of pyridine rings is 1. The molecule has 3 heterocycles. The summed E-state index contributed by atoms with van der Waals surface area (Å²) >= 11 is 0. The van der Waals surface area contributed by atoms with Crippen molar-refractivity contribution in [3.63, 3.8) is 0 Å². The first-order valence-electron chi connectivity index (χ1n) is 9.50. The number of nitrogens with zero attached hydrogens (tertiary/aromatic N) is 4. The Bertz CT molecular complexity index is 1220. The van der Waals surface area contributed by atoms with Crippen LogP contribution in [0.5, 0.6) is 0 Å². The molecule has 4 rings (SSSR count). The predicted octanol–water partition coefficient (Wildman–Crippen LogP) is 3.15. The molecule has 3 aromatic rings. The van der Waals surface area contributed by atoms with Crippen LogP contribution in [0, 0.1) is 11.3 Å². The molecule has 0 bridgehead atoms. The molecular weight excluding hydrogens is 427 g/mol. The van der Waals surface area contributed by atoms with Crippen molar-refractivity contribution in [3.8, 4) is 6.07 Å². The summed E-state index contributed by atoms with van der Waals surface area (Å²) in [4.78, 5) is 28.7. The number of aromatic nitrogens is 1. The van der Waals surface area contributed by atoms with E-state index >= 15 is 0 Å². The molecule has 0 radical (unpaired) electrons. The molecular formula is C21H20F3N5O3. The summed E-state index contributed by atoms with van der Waals surface area (Å²) in [7, 11) is 0. The fraction of sp³-hybridized carbons (Fsp3) is 0.286. The number of furan rings is 1. The summed E-state index contributed by atoms with van der Waals surface area (Å²) in [6.07, 6.45) is -3.20. The van der Waals surface area contributed by atoms with E-state index in [0.717, 1.165) is 0 Å². The minimum Gasteiger partial charge on any atom is -0.459 e. The van der Waals surface area contributed by atoms with Gasteiger partial charge in [0.25, 0.3) is 11.5 Å². The van der Waals surface area contributed by atoms with Crippen molar-refractivity contribution in [1.29, 1.82) is 5.26 Å². The van der Waals surface area contributed by atoms with Gasteiger partial charge in [-0.25, -0.2) is 0 Å². The van der Waals surface area contributed by atoms with E-state index in [2.05, 4.69) is 0 Å². The number of hydrogen-bond acceptors (Lipinski definition) is 6. The van der Waals surface area contributed by atoms with Crippen LogP contribution in [0.2, 0.25) is 0 Å². The quantitative estimate of drug-likeness (QED) is 0.659. The van der Waals surface area contributed by atoms with Crippen molar-refractivity contribution in [2.24, 2.45) is 0 Å². The van der Waals surface area contributed by atoms with Gasteiger partial charge in [0, 0.05) is 31.6 Å². The summed E-state index contributed by atoms with van der Waals surface area (Å²) < 4.78 is 45.0. The van der Waals surface area contributed by atoms with Crippen molar-refractivity contribution in [1.82, 2.24) is 15.6 Å². The average Bonchev–Trinajstić information content (AvgIpc) is 3.29. The van der Waals surface area contributed by atoms with E-state index in [1.807, 2.05) is 0 Å². The minimum atomic E-state index is -4.61. The van der Waals surface area contributed by atoms with Crippen LogP contribution < -0.4 is 16.6 Å². The Morgan fingerprint density at radius 3 is 2.38 bits per heavy atom. The average molecular weight is 447 g/mol. The van der Waals surface area contributed by atoms with Crippen LogP contribution in [-0.4, -0.2) is 47.7 Å². The number of para-hydroxylation sites is 1. The molecule has 0 spiro atoms. The van der Waals surface area contributed by atoms with Gasteiger partial charge in [-0.1, -0.05) is 18.2 Å². The topological polar surface area (TPSA) is 117 Å². The lowest BCUT2D eigenvalue weighted by Gasteiger charge is -2.36. The summed E-state index contributed by atoms with van der Waals surface area (Å²) in [5, 5.41) is 10.0. The first-order valence-corrected chi connectivity index (χ1v) is 9.50. The lowest BCUT2D eigenvalue weighted by atomic mass is 10.1. The third kappa shape index (κ3) is 4.17. The number of alkyl halides is 3. The summed E-state index contributed by atoms with van der Waals surface area (Å²) in [6.45, 7) is -0.233. The van der Waals surface area contributed by atoms with Crippen molar-refractivity contribution in [2.45, 2.75) is 12.7 Å². The molecule has 1 saturated heterocycles. The summed E-state index contributed by atoms with van der Waals surface area (Å²) in [5.74, 6) is -0.0537. The zero-order valence-electron chi connectivity index (χ0n) is 16.9. The maximum absolute atomic E-state index is 13.1. The van der Waals surface area contributed by atoms with Gasteiger partial charge >= 0.3 is 6.18 Å². The maximum atomic E-state index is 13.1. The van der Waals surface area contributed by atoms with Crippen molar-refractivity contribution >= 4 is 22.5 Å². The van der Waals surface area contributed by atoms with Gasteiger partial charge in [0.1, 0.15) is 18.2 Å². The lowest BCUT2D eigenvalue weighted by Crippen LogP contribution is -2.49. The summed E-state index contributed by atoms with van der Waals surface area (Å²) in [5.41, 5.74) is -0.920. The standard InChI is InChI=1S/C21H17F3N4O3.H3N/c22-21(23,24)13-28-16-5-2-1-4-14(16)18(15(12-25)19(28)29)26-7-9-27(10-8-26)20(30)17-6-3-11-31-17;/h1-6,11H,7-10,13H2;1H3. The Kier molecular flexibility index (Phi) is 6.27. The van der Waals surface area contributed by atoms with E-state index in [1.165, 1.54) is 12.3 Å². The Morgan fingerprint density at radius 2 is 1.78 bits per heavy atom. The van der Waals surface area contributed by atoms with Gasteiger partial charge in [0.15, 0.2) is 5.76 Å². The largest absolute Gasteiger partial charge is 0.459 e. The molecule has 3 N–H and O–H groups in total. The Morgan fingerprint density at radius 1 is 1.09 bits per heavy atom. The van der Waals surface area contributed by atoms with Crippen LogP contribution in [0.25, 0.3) is 10.9 Å². The summed E-state index contributed by atoms with van der Waals surface area (Å²) in [6, 6.07) is 11.2. The number of carbonyl (C=O) groups excluding carboxylic acids is 1. The van der Waals surface area contributed by atoms with E-state index in [0.29, 0.717) is 41.8 Å². The normalized spacial score (nSPS) is 14.2. The highest BCUT2D eigenvalue weighted by molar-refractivity contribution is 5.95. The monoisotopic (exact) mass is 447 g/mol. The highest BCUT2D eigenvalue weighted by Crippen LogP contribution is 2.31. The first kappa shape index (κ1) is 22.9. The second kappa shape index (κ2) is 8.76. The number of hydrogen-bond donors (Lipinski definition) is 1. The molecule has 168 valence electrons. The van der Waals surface area contributed by atoms with Gasteiger partial charge in [0.05, 0.1) is 17.5 Å². The Hall–Kier alpha value is -3.78. The van der Waals surface area contributed by atoms with Crippen LogP contribution in [0.15, 0.2) is 51.9 Å². The van der Waals surface area contributed by atoms with E-state index in [1.54, 1.807) is 46.2 Å². The fourth-order valence-electron chi connectivity index (χ4n) is 3.84. The SMILES string of the molecule is N.N#Cc1c(N2CCN(C(=O)c3ccco3)CC2)c2ccccc2n(CC(F)(F)F)c1=O. The molecule has 8 nitrogen and oxygen atoms in total. The highest BCUT2D eigenvalue weighted by atomic mass is 19.4. The molecule has 1 aliphatic heterocycles. The third-order valence-electron chi connectivity index (χ3n) is 5.21. The fourth-order valence-corrected chi connectivity index (χ4v) is 3.84. The van der Waals surface area contributed by atoms with Gasteiger partial charge in [-0.2, -0.15) is 18.4 Å². The number of fused-ring (bicyclic) bond motifs is 1. The number of amides is 1. The van der Waals surface area contributed by atoms with Gasteiger partial charge in [-0.3, -0.25) is 14.2 Å². The van der Waals surface area contributed by atoms with Crippen molar-refractivity contribution in [2.75, 3.05) is 31.1 Å². The molecule has 11 heteroatoms. The number of benzene rings is 1. The number of rotatable bonds is 3. The molecule has 0 unspecified atom stereocenters. The third-order valence-corrected chi connectivity index (χ3v) is 5.21. The van der Waals surface area contributed by atoms with E-state index in [-0.39, 0.29) is 28.9 Å². The number of carbonyl (C=O) groups is 1. The van der Waals surface area contributed by atoms with Crippen LogP contribution in [0.4, 0.5) is 18.9 Å². The molecule has 0 aliphatic carbocycles. The van der Waals surface area contributed by atoms with E-state index in [4.69, 9.17) is 4.42 Å². The molecule has 1 fully saturated rings. The van der Waals surface area contributed by atoms with Crippen molar-refractivity contribution in [3.05, 3.63) is 64.3 Å². The van der Waals surface area contributed by atoms with Gasteiger partial charge in [0.2, 0.25) is 0 Å². The minimum absolute atomic E-state index is 0. The zero-order valence-corrected chi connectivity index (χ0v) is 16.9. The number of nitriles is 1. The Labute approximate surface area is 180 Å². The van der Waals surface area contributed by atoms with Crippen LogP contribution in [0.1, 0.15) is 16.1 Å². The zero-order chi connectivity index (χ0) is 22.2. The maximum Gasteiger partial charge on any atom is 0.406 e. The lowest BCUT2D eigenvalue weighted by molar-refractivity contribution is -0.140. The molecule has 1 aliphatic rings. The molecule has 0 saturated carbocycles. The van der Waals surface area contributed by atoms with Crippen molar-refractivity contribution < 1.29 is 22.4 Å². The number of anilines is 1. The second-order valence-electron chi connectivity index (χ2n) is 7.12. The smallest absolute Gasteiger partial charge is 0.406 e. The molecule has 32 heavy (non-hydrogen) atoms. The Balaban J connectivity index is 0.00000289. The van der Waals surface area contributed by atoms with E-state index < -0.39 is 18.3 Å². The second-order valence-corrected chi connectivity index (χ2v) is 7.12. The molecule has 2 aromatic heterocycles. The van der Waals surface area contributed by atoms with E-state index in [9.17, 15) is 28.0 Å². The van der Waals surface area contributed by atoms with Crippen LogP contribution in [0.3, 0.4) is 0 Å². The van der Waals surface area contributed by atoms with Crippen LogP contribution >= 0.6 is 0 Å². The molecule has 1 amide bonds.